The van der Waals surface area contributed by atoms with Crippen molar-refractivity contribution in [3.8, 4) is 11.1 Å². The molecule has 2 aromatic heterocycles. The number of anilines is 2. The van der Waals surface area contributed by atoms with Crippen LogP contribution in [0.5, 0.6) is 0 Å². The molecule has 0 aliphatic carbocycles. The standard InChI is InChI=1S/C25H23Cl2N5O/c1-15-11-16(14-32-9-4-10-32)7-8-21(15)29-25-28-13-17-12-18(24(33)31(2)23(17)30-25)22-19(26)5-3-6-20(22)27/h3,5-8,11-13H,4,9-10,14H2,1-2H3,(H,28,29,30). The fraction of sp³-hybridized carbons (Fsp3) is 0.240. The molecule has 0 atom stereocenters. The number of aromatic nitrogens is 3. The Kier molecular flexibility index (Phi) is 5.83. The van der Waals surface area contributed by atoms with E-state index in [9.17, 15) is 4.79 Å². The molecular weight excluding hydrogens is 457 g/mol. The Labute approximate surface area is 201 Å². The molecule has 0 bridgehead atoms. The van der Waals surface area contributed by atoms with Crippen LogP contribution in [0.3, 0.4) is 0 Å². The molecule has 4 aromatic rings. The van der Waals surface area contributed by atoms with Gasteiger partial charge in [0.05, 0.1) is 15.6 Å². The van der Waals surface area contributed by atoms with Gasteiger partial charge in [0.15, 0.2) is 0 Å². The predicted molar refractivity (Wildman–Crippen MR) is 135 cm³/mol. The van der Waals surface area contributed by atoms with Crippen molar-refractivity contribution in [2.24, 2.45) is 7.05 Å². The lowest BCUT2D eigenvalue weighted by atomic mass is 10.1. The van der Waals surface area contributed by atoms with E-state index in [1.165, 1.54) is 29.6 Å². The van der Waals surface area contributed by atoms with E-state index in [1.807, 2.05) is 0 Å². The zero-order valence-corrected chi connectivity index (χ0v) is 19.9. The van der Waals surface area contributed by atoms with Crippen molar-refractivity contribution < 1.29 is 0 Å². The molecule has 0 amide bonds. The summed E-state index contributed by atoms with van der Waals surface area (Å²) in [5.74, 6) is 0.430. The lowest BCUT2D eigenvalue weighted by molar-refractivity contribution is 0.172. The molecule has 1 N–H and O–H groups in total. The van der Waals surface area contributed by atoms with E-state index in [2.05, 4.69) is 45.3 Å². The molecule has 0 saturated carbocycles. The van der Waals surface area contributed by atoms with Crippen molar-refractivity contribution in [1.29, 1.82) is 0 Å². The first-order chi connectivity index (χ1) is 15.9. The Bertz CT molecular complexity index is 1410. The number of benzene rings is 2. The summed E-state index contributed by atoms with van der Waals surface area (Å²) in [7, 11) is 1.69. The molecule has 1 fully saturated rings. The Hall–Kier alpha value is -2.93. The van der Waals surface area contributed by atoms with E-state index in [0.29, 0.717) is 32.8 Å². The highest BCUT2D eigenvalue weighted by Crippen LogP contribution is 2.34. The van der Waals surface area contributed by atoms with Gasteiger partial charge in [0.1, 0.15) is 5.65 Å². The normalized spacial score (nSPS) is 13.8. The second kappa shape index (κ2) is 8.78. The summed E-state index contributed by atoms with van der Waals surface area (Å²) in [5, 5.41) is 4.85. The first-order valence-electron chi connectivity index (χ1n) is 10.8. The topological polar surface area (TPSA) is 63.1 Å². The number of fused-ring (bicyclic) bond motifs is 1. The molecule has 0 spiro atoms. The number of nitrogens with zero attached hydrogens (tertiary/aromatic N) is 4. The third kappa shape index (κ3) is 4.22. The molecule has 5 rings (SSSR count). The number of pyridine rings is 1. The van der Waals surface area contributed by atoms with Crippen molar-refractivity contribution in [3.63, 3.8) is 0 Å². The molecule has 1 aliphatic heterocycles. The summed E-state index contributed by atoms with van der Waals surface area (Å²) in [5.41, 5.74) is 4.58. The summed E-state index contributed by atoms with van der Waals surface area (Å²) in [4.78, 5) is 24.6. The van der Waals surface area contributed by atoms with Crippen molar-refractivity contribution in [2.75, 3.05) is 18.4 Å². The second-order valence-corrected chi connectivity index (χ2v) is 9.21. The number of likely N-dealkylation sites (tertiary alicyclic amines) is 1. The number of nitrogens with one attached hydrogen (secondary N) is 1. The van der Waals surface area contributed by atoms with Gasteiger partial charge in [-0.1, -0.05) is 41.4 Å². The summed E-state index contributed by atoms with van der Waals surface area (Å²) in [6.07, 6.45) is 2.99. The van der Waals surface area contributed by atoms with E-state index in [1.54, 1.807) is 37.5 Å². The first-order valence-corrected chi connectivity index (χ1v) is 11.6. The maximum atomic E-state index is 13.1. The zero-order chi connectivity index (χ0) is 23.1. The predicted octanol–water partition coefficient (Wildman–Crippen LogP) is 5.56. The molecule has 168 valence electrons. The maximum absolute atomic E-state index is 13.1. The lowest BCUT2D eigenvalue weighted by Crippen LogP contribution is -2.36. The zero-order valence-electron chi connectivity index (χ0n) is 18.4. The van der Waals surface area contributed by atoms with Gasteiger partial charge in [-0.2, -0.15) is 4.98 Å². The van der Waals surface area contributed by atoms with Crippen LogP contribution in [-0.2, 0) is 13.6 Å². The number of halogens is 2. The number of rotatable bonds is 5. The van der Waals surface area contributed by atoms with E-state index in [0.717, 1.165) is 23.2 Å². The van der Waals surface area contributed by atoms with Crippen LogP contribution >= 0.6 is 23.2 Å². The van der Waals surface area contributed by atoms with Gasteiger partial charge in [0.25, 0.3) is 5.56 Å². The van der Waals surface area contributed by atoms with Gasteiger partial charge in [-0.25, -0.2) is 4.98 Å². The Balaban J connectivity index is 1.48. The summed E-state index contributed by atoms with van der Waals surface area (Å²) < 4.78 is 1.50. The van der Waals surface area contributed by atoms with Crippen LogP contribution < -0.4 is 10.9 Å². The van der Waals surface area contributed by atoms with Gasteiger partial charge in [-0.3, -0.25) is 14.3 Å². The highest BCUT2D eigenvalue weighted by atomic mass is 35.5. The average Bonchev–Trinajstić information content (AvgIpc) is 2.76. The van der Waals surface area contributed by atoms with Crippen LogP contribution in [-0.4, -0.2) is 32.5 Å². The van der Waals surface area contributed by atoms with E-state index in [4.69, 9.17) is 23.2 Å². The highest BCUT2D eigenvalue weighted by molar-refractivity contribution is 6.39. The Morgan fingerprint density at radius 1 is 1.09 bits per heavy atom. The van der Waals surface area contributed by atoms with Gasteiger partial charge >= 0.3 is 0 Å². The number of hydrogen-bond donors (Lipinski definition) is 1. The van der Waals surface area contributed by atoms with Gasteiger partial charge < -0.3 is 5.32 Å². The molecule has 8 heteroatoms. The largest absolute Gasteiger partial charge is 0.324 e. The highest BCUT2D eigenvalue weighted by Gasteiger charge is 2.17. The molecule has 1 saturated heterocycles. The molecule has 2 aromatic carbocycles. The van der Waals surface area contributed by atoms with Crippen LogP contribution in [0.25, 0.3) is 22.2 Å². The third-order valence-corrected chi connectivity index (χ3v) is 6.70. The van der Waals surface area contributed by atoms with Gasteiger partial charge in [0.2, 0.25) is 5.95 Å². The fourth-order valence-corrected chi connectivity index (χ4v) is 4.73. The van der Waals surface area contributed by atoms with Crippen LogP contribution in [0, 0.1) is 6.92 Å². The summed E-state index contributed by atoms with van der Waals surface area (Å²) >= 11 is 12.7. The Morgan fingerprint density at radius 2 is 1.85 bits per heavy atom. The van der Waals surface area contributed by atoms with Crippen LogP contribution in [0.2, 0.25) is 10.0 Å². The van der Waals surface area contributed by atoms with Crippen LogP contribution in [0.1, 0.15) is 17.5 Å². The van der Waals surface area contributed by atoms with Crippen molar-refractivity contribution >= 4 is 45.9 Å². The van der Waals surface area contributed by atoms with Crippen molar-refractivity contribution in [3.05, 3.63) is 80.2 Å². The molecule has 6 nitrogen and oxygen atoms in total. The summed E-state index contributed by atoms with van der Waals surface area (Å²) in [6.45, 7) is 5.39. The fourth-order valence-electron chi connectivity index (χ4n) is 4.12. The first kappa shape index (κ1) is 21.9. The van der Waals surface area contributed by atoms with E-state index >= 15 is 0 Å². The Morgan fingerprint density at radius 3 is 2.52 bits per heavy atom. The second-order valence-electron chi connectivity index (χ2n) is 8.40. The molecule has 3 heterocycles. The third-order valence-electron chi connectivity index (χ3n) is 6.07. The lowest BCUT2D eigenvalue weighted by Gasteiger charge is -2.30. The minimum absolute atomic E-state index is 0.228. The van der Waals surface area contributed by atoms with Gasteiger partial charge in [0, 0.05) is 36.4 Å². The van der Waals surface area contributed by atoms with Gasteiger partial charge in [-0.15, -0.1) is 0 Å². The van der Waals surface area contributed by atoms with Crippen LogP contribution in [0.15, 0.2) is 53.5 Å². The van der Waals surface area contributed by atoms with Crippen molar-refractivity contribution in [2.45, 2.75) is 19.9 Å². The van der Waals surface area contributed by atoms with Crippen LogP contribution in [0.4, 0.5) is 11.6 Å². The quantitative estimate of drug-likeness (QED) is 0.405. The van der Waals surface area contributed by atoms with E-state index < -0.39 is 0 Å². The van der Waals surface area contributed by atoms with Crippen molar-refractivity contribution in [1.82, 2.24) is 19.4 Å². The molecule has 0 radical (unpaired) electrons. The number of hydrogen-bond acceptors (Lipinski definition) is 5. The molecule has 0 unspecified atom stereocenters. The average molecular weight is 480 g/mol. The molecular formula is C25H23Cl2N5O. The monoisotopic (exact) mass is 479 g/mol. The smallest absolute Gasteiger partial charge is 0.259 e. The minimum atomic E-state index is -0.228. The SMILES string of the molecule is Cc1cc(CN2CCC2)ccc1Nc1ncc2cc(-c3c(Cl)cccc3Cl)c(=O)n(C)c2n1. The maximum Gasteiger partial charge on any atom is 0.259 e. The van der Waals surface area contributed by atoms with Gasteiger partial charge in [-0.05, 0) is 61.8 Å². The molecule has 1 aliphatic rings. The summed E-state index contributed by atoms with van der Waals surface area (Å²) in [6, 6.07) is 13.3. The number of aryl methyl sites for hydroxylation is 2. The van der Waals surface area contributed by atoms with E-state index in [-0.39, 0.29) is 5.56 Å². The molecule has 33 heavy (non-hydrogen) atoms. The minimum Gasteiger partial charge on any atom is -0.324 e.